The first kappa shape index (κ1) is 17.4. The molecule has 0 bridgehead atoms. The van der Waals surface area contributed by atoms with Crippen LogP contribution in [0.15, 0.2) is 30.3 Å². The van der Waals surface area contributed by atoms with Gasteiger partial charge in [-0.25, -0.2) is 0 Å². The summed E-state index contributed by atoms with van der Waals surface area (Å²) in [6.45, 7) is 5.59. The number of benzene rings is 1. The molecule has 132 valence electrons. The Labute approximate surface area is 148 Å². The molecule has 6 nitrogen and oxygen atoms in total. The zero-order chi connectivity index (χ0) is 17.6. The first-order valence-electron chi connectivity index (χ1n) is 8.76. The van der Waals surface area contributed by atoms with Crippen LogP contribution in [0, 0.1) is 6.92 Å². The van der Waals surface area contributed by atoms with Gasteiger partial charge in [-0.15, -0.1) is 10.2 Å². The fourth-order valence-corrected chi connectivity index (χ4v) is 2.95. The number of para-hydroxylation sites is 1. The van der Waals surface area contributed by atoms with Crippen LogP contribution in [-0.4, -0.2) is 35.4 Å². The van der Waals surface area contributed by atoms with Crippen molar-refractivity contribution in [1.82, 2.24) is 10.2 Å². The summed E-state index contributed by atoms with van der Waals surface area (Å²) in [5.74, 6) is 0.402. The second kappa shape index (κ2) is 8.07. The highest BCUT2D eigenvalue weighted by molar-refractivity contribution is 6.03. The third-order valence-electron chi connectivity index (χ3n) is 4.41. The van der Waals surface area contributed by atoms with E-state index in [-0.39, 0.29) is 12.0 Å². The summed E-state index contributed by atoms with van der Waals surface area (Å²) in [5.41, 5.74) is 3.30. The number of aryl methyl sites for hydroxylation is 2. The Morgan fingerprint density at radius 2 is 2.16 bits per heavy atom. The van der Waals surface area contributed by atoms with E-state index < -0.39 is 0 Å². The monoisotopic (exact) mass is 340 g/mol. The Morgan fingerprint density at radius 3 is 2.84 bits per heavy atom. The molecule has 0 aliphatic carbocycles. The molecule has 1 aliphatic heterocycles. The van der Waals surface area contributed by atoms with Crippen molar-refractivity contribution in [3.8, 4) is 0 Å². The molecule has 0 radical (unpaired) electrons. The maximum absolute atomic E-state index is 12.5. The minimum atomic E-state index is -0.248. The third kappa shape index (κ3) is 4.33. The third-order valence-corrected chi connectivity index (χ3v) is 4.41. The lowest BCUT2D eigenvalue weighted by Crippen LogP contribution is -2.20. The largest absolute Gasteiger partial charge is 0.376 e. The van der Waals surface area contributed by atoms with Gasteiger partial charge in [-0.05, 0) is 49.4 Å². The van der Waals surface area contributed by atoms with E-state index in [1.165, 1.54) is 0 Å². The van der Waals surface area contributed by atoms with Crippen LogP contribution in [0.25, 0.3) is 0 Å². The molecule has 2 aromatic rings. The van der Waals surface area contributed by atoms with Gasteiger partial charge < -0.3 is 15.4 Å². The summed E-state index contributed by atoms with van der Waals surface area (Å²) in [6.07, 6.45) is 3.26. The molecule has 0 spiro atoms. The van der Waals surface area contributed by atoms with Crippen LogP contribution in [0.2, 0.25) is 0 Å². The number of hydrogen-bond donors (Lipinski definition) is 2. The van der Waals surface area contributed by atoms with Gasteiger partial charge in [-0.3, -0.25) is 4.79 Å². The van der Waals surface area contributed by atoms with Crippen LogP contribution in [-0.2, 0) is 11.2 Å². The number of carbonyl (C=O) groups is 1. The lowest BCUT2D eigenvalue weighted by atomic mass is 10.1. The summed E-state index contributed by atoms with van der Waals surface area (Å²) < 4.78 is 5.56. The van der Waals surface area contributed by atoms with E-state index in [9.17, 15) is 4.79 Å². The van der Waals surface area contributed by atoms with Crippen LogP contribution in [0.5, 0.6) is 0 Å². The molecular weight excluding hydrogens is 316 g/mol. The van der Waals surface area contributed by atoms with Crippen molar-refractivity contribution in [2.24, 2.45) is 0 Å². The van der Waals surface area contributed by atoms with Gasteiger partial charge in [-0.2, -0.15) is 0 Å². The predicted molar refractivity (Wildman–Crippen MR) is 98.0 cm³/mol. The molecule has 1 unspecified atom stereocenters. The van der Waals surface area contributed by atoms with Crippen molar-refractivity contribution in [3.63, 3.8) is 0 Å². The average molecular weight is 340 g/mol. The summed E-state index contributed by atoms with van der Waals surface area (Å²) in [7, 11) is 0. The lowest BCUT2D eigenvalue weighted by molar-refractivity contribution is 0.102. The molecule has 2 heterocycles. The fourth-order valence-electron chi connectivity index (χ4n) is 2.95. The summed E-state index contributed by atoms with van der Waals surface area (Å²) in [5, 5.41) is 14.3. The first-order chi connectivity index (χ1) is 12.2. The molecule has 0 saturated carbocycles. The second-order valence-electron chi connectivity index (χ2n) is 6.24. The van der Waals surface area contributed by atoms with E-state index in [2.05, 4.69) is 27.8 Å². The number of hydrogen-bond acceptors (Lipinski definition) is 5. The molecule has 25 heavy (non-hydrogen) atoms. The molecule has 2 N–H and O–H groups in total. The highest BCUT2D eigenvalue weighted by Crippen LogP contribution is 2.21. The van der Waals surface area contributed by atoms with Gasteiger partial charge in [0, 0.05) is 18.8 Å². The van der Waals surface area contributed by atoms with Gasteiger partial charge in [0.2, 0.25) is 0 Å². The lowest BCUT2D eigenvalue weighted by Gasteiger charge is -2.13. The fraction of sp³-hybridized carbons (Fsp3) is 0.421. The Balaban J connectivity index is 1.62. The van der Waals surface area contributed by atoms with Gasteiger partial charge in [0.05, 0.1) is 6.10 Å². The molecule has 6 heteroatoms. The number of nitrogens with zero attached hydrogens (tertiary/aromatic N) is 2. The Kier molecular flexibility index (Phi) is 5.60. The number of nitrogens with one attached hydrogen (secondary N) is 2. The summed E-state index contributed by atoms with van der Waals surface area (Å²) in [6, 6.07) is 9.46. The van der Waals surface area contributed by atoms with Gasteiger partial charge in [0.25, 0.3) is 5.91 Å². The highest BCUT2D eigenvalue weighted by atomic mass is 16.5. The van der Waals surface area contributed by atoms with Crippen molar-refractivity contribution in [2.75, 3.05) is 23.8 Å². The molecular formula is C19H24N4O2. The van der Waals surface area contributed by atoms with Crippen LogP contribution in [0.1, 0.15) is 41.4 Å². The smallest absolute Gasteiger partial charge is 0.276 e. The number of amides is 1. The van der Waals surface area contributed by atoms with E-state index in [4.69, 9.17) is 4.74 Å². The van der Waals surface area contributed by atoms with Crippen LogP contribution >= 0.6 is 0 Å². The molecule has 1 aromatic heterocycles. The molecule has 1 saturated heterocycles. The number of carbonyl (C=O) groups excluding carboxylic acids is 1. The molecule has 1 atom stereocenters. The standard InChI is InChI=1S/C19H24N4O2/c1-3-14-7-4-6-13(2)18(14)21-19(24)16-9-10-17(23-22-16)20-12-15-8-5-11-25-15/h4,6-7,9-10,15H,3,5,8,11-12H2,1-2H3,(H,20,23)(H,21,24). The normalized spacial score (nSPS) is 16.6. The predicted octanol–water partition coefficient (Wildman–Crippen LogP) is 3.19. The topological polar surface area (TPSA) is 76.1 Å². The van der Waals surface area contributed by atoms with Gasteiger partial charge >= 0.3 is 0 Å². The minimum Gasteiger partial charge on any atom is -0.376 e. The van der Waals surface area contributed by atoms with Crippen molar-refractivity contribution >= 4 is 17.4 Å². The average Bonchev–Trinajstić information content (AvgIpc) is 3.15. The SMILES string of the molecule is CCc1cccc(C)c1NC(=O)c1ccc(NCC2CCCO2)nn1. The quantitative estimate of drug-likeness (QED) is 0.844. The number of anilines is 2. The molecule has 1 amide bonds. The zero-order valence-corrected chi connectivity index (χ0v) is 14.7. The molecule has 1 fully saturated rings. The van der Waals surface area contributed by atoms with Crippen molar-refractivity contribution in [1.29, 1.82) is 0 Å². The Hall–Kier alpha value is -2.47. The van der Waals surface area contributed by atoms with Crippen molar-refractivity contribution < 1.29 is 9.53 Å². The Bertz CT molecular complexity index is 725. The van der Waals surface area contributed by atoms with Crippen LogP contribution in [0.4, 0.5) is 11.5 Å². The van der Waals surface area contributed by atoms with E-state index >= 15 is 0 Å². The van der Waals surface area contributed by atoms with Crippen molar-refractivity contribution in [2.45, 2.75) is 39.2 Å². The maximum Gasteiger partial charge on any atom is 0.276 e. The minimum absolute atomic E-state index is 0.235. The Morgan fingerprint density at radius 1 is 1.28 bits per heavy atom. The van der Waals surface area contributed by atoms with Crippen LogP contribution in [0.3, 0.4) is 0 Å². The van der Waals surface area contributed by atoms with Crippen LogP contribution < -0.4 is 10.6 Å². The number of ether oxygens (including phenoxy) is 1. The molecule has 1 aromatic carbocycles. The number of aromatic nitrogens is 2. The van der Waals surface area contributed by atoms with E-state index in [0.29, 0.717) is 18.1 Å². The van der Waals surface area contributed by atoms with Gasteiger partial charge in [-0.1, -0.05) is 25.1 Å². The zero-order valence-electron chi connectivity index (χ0n) is 14.7. The van der Waals surface area contributed by atoms with Gasteiger partial charge in [0.15, 0.2) is 5.69 Å². The first-order valence-corrected chi connectivity index (χ1v) is 8.76. The molecule has 3 rings (SSSR count). The number of rotatable bonds is 6. The highest BCUT2D eigenvalue weighted by Gasteiger charge is 2.16. The van der Waals surface area contributed by atoms with E-state index in [1.54, 1.807) is 12.1 Å². The van der Waals surface area contributed by atoms with E-state index in [1.807, 2.05) is 25.1 Å². The second-order valence-corrected chi connectivity index (χ2v) is 6.24. The summed E-state index contributed by atoms with van der Waals surface area (Å²) in [4.78, 5) is 12.5. The van der Waals surface area contributed by atoms with Gasteiger partial charge in [0.1, 0.15) is 5.82 Å². The van der Waals surface area contributed by atoms with E-state index in [0.717, 1.165) is 42.7 Å². The summed E-state index contributed by atoms with van der Waals surface area (Å²) >= 11 is 0. The van der Waals surface area contributed by atoms with Crippen molar-refractivity contribution in [3.05, 3.63) is 47.2 Å². The maximum atomic E-state index is 12.5. The molecule has 1 aliphatic rings.